The van der Waals surface area contributed by atoms with Crippen LogP contribution in [0.1, 0.15) is 5.69 Å². The molecule has 0 saturated heterocycles. The van der Waals surface area contributed by atoms with Crippen LogP contribution < -0.4 is 0 Å². The fourth-order valence-corrected chi connectivity index (χ4v) is 1.32. The Hall–Kier alpha value is -1.08. The maximum atomic E-state index is 12.2. The minimum Gasteiger partial charge on any atom is -0.358 e. The highest BCUT2D eigenvalue weighted by Gasteiger charge is 2.41. The molecule has 0 aliphatic carbocycles. The smallest absolute Gasteiger partial charge is 0.358 e. The molecule has 0 unspecified atom stereocenters. The van der Waals surface area contributed by atoms with E-state index in [2.05, 4.69) is 4.98 Å². The van der Waals surface area contributed by atoms with Crippen LogP contribution in [0.15, 0.2) is 6.07 Å². The summed E-state index contributed by atoms with van der Waals surface area (Å²) in [6.45, 7) is 0. The van der Waals surface area contributed by atoms with Gasteiger partial charge in [-0.25, -0.2) is 0 Å². The molecule has 1 aromatic rings. The summed E-state index contributed by atoms with van der Waals surface area (Å²) in [5.41, 5.74) is -1.53. The maximum absolute atomic E-state index is 12.2. The lowest BCUT2D eigenvalue weighted by Gasteiger charge is -2.04. The number of nitrogens with zero attached hydrogens (tertiary/aromatic N) is 2. The van der Waals surface area contributed by atoms with Crippen LogP contribution in [0.5, 0.6) is 0 Å². The van der Waals surface area contributed by atoms with Crippen LogP contribution in [0.25, 0.3) is 0 Å². The Morgan fingerprint density at radius 2 is 1.87 bits per heavy atom. The molecule has 9 heteroatoms. The lowest BCUT2D eigenvalue weighted by molar-refractivity contribution is -0.389. The highest BCUT2D eigenvalue weighted by atomic mass is 35.5. The van der Waals surface area contributed by atoms with E-state index in [1.807, 2.05) is 0 Å². The molecule has 0 aliphatic rings. The second kappa shape index (κ2) is 3.82. The van der Waals surface area contributed by atoms with Crippen molar-refractivity contribution in [2.24, 2.45) is 0 Å². The SMILES string of the molecule is O=[N+]([O-])c1nc(C(F)(F)F)c(Cl)cc1Cl. The summed E-state index contributed by atoms with van der Waals surface area (Å²) < 4.78 is 36.6. The second-order valence-electron chi connectivity index (χ2n) is 2.38. The first-order valence-corrected chi connectivity index (χ1v) is 4.06. The molecular formula is C6HCl2F3N2O2. The van der Waals surface area contributed by atoms with Gasteiger partial charge >= 0.3 is 12.0 Å². The number of halogens is 5. The fourth-order valence-electron chi connectivity index (χ4n) is 0.784. The number of pyridine rings is 1. The van der Waals surface area contributed by atoms with E-state index >= 15 is 0 Å². The first kappa shape index (κ1) is 12.0. The molecule has 15 heavy (non-hydrogen) atoms. The summed E-state index contributed by atoms with van der Waals surface area (Å²) >= 11 is 10.5. The predicted molar refractivity (Wildman–Crippen MR) is 45.9 cm³/mol. The number of aromatic nitrogens is 1. The van der Waals surface area contributed by atoms with Crippen LogP contribution in [0.3, 0.4) is 0 Å². The molecule has 0 spiro atoms. The van der Waals surface area contributed by atoms with Crippen LogP contribution in [0, 0.1) is 10.1 Å². The van der Waals surface area contributed by atoms with Gasteiger partial charge in [-0.3, -0.25) is 0 Å². The van der Waals surface area contributed by atoms with Crippen molar-refractivity contribution in [3.05, 3.63) is 31.9 Å². The predicted octanol–water partition coefficient (Wildman–Crippen LogP) is 3.32. The van der Waals surface area contributed by atoms with E-state index in [0.29, 0.717) is 6.07 Å². The highest BCUT2D eigenvalue weighted by Crippen LogP contribution is 2.37. The van der Waals surface area contributed by atoms with Crippen molar-refractivity contribution >= 4 is 29.0 Å². The third-order valence-electron chi connectivity index (χ3n) is 1.35. The number of nitro groups is 1. The van der Waals surface area contributed by atoms with Gasteiger partial charge in [0.15, 0.2) is 0 Å². The van der Waals surface area contributed by atoms with Gasteiger partial charge in [0.1, 0.15) is 5.02 Å². The zero-order valence-electron chi connectivity index (χ0n) is 6.68. The Kier molecular flexibility index (Phi) is 3.05. The van der Waals surface area contributed by atoms with Crippen molar-refractivity contribution in [1.29, 1.82) is 0 Å². The molecular weight excluding hydrogens is 260 g/mol. The Balaban J connectivity index is 3.43. The molecule has 4 nitrogen and oxygen atoms in total. The van der Waals surface area contributed by atoms with Crippen LogP contribution in [0.4, 0.5) is 19.0 Å². The normalized spacial score (nSPS) is 11.5. The summed E-state index contributed by atoms with van der Waals surface area (Å²) in [6.07, 6.45) is -4.85. The molecule has 82 valence electrons. The lowest BCUT2D eigenvalue weighted by Crippen LogP contribution is -2.10. The molecule has 0 atom stereocenters. The first-order valence-electron chi connectivity index (χ1n) is 3.31. The Morgan fingerprint density at radius 1 is 1.33 bits per heavy atom. The Bertz CT molecular complexity index is 422. The van der Waals surface area contributed by atoms with Gasteiger partial charge < -0.3 is 10.1 Å². The van der Waals surface area contributed by atoms with Crippen molar-refractivity contribution in [1.82, 2.24) is 4.98 Å². The molecule has 1 heterocycles. The van der Waals surface area contributed by atoms with Gasteiger partial charge in [0.25, 0.3) is 5.69 Å². The Morgan fingerprint density at radius 3 is 2.27 bits per heavy atom. The molecule has 0 radical (unpaired) electrons. The van der Waals surface area contributed by atoms with Crippen molar-refractivity contribution in [2.45, 2.75) is 6.18 Å². The fraction of sp³-hybridized carbons (Fsp3) is 0.167. The van der Waals surface area contributed by atoms with E-state index in [-0.39, 0.29) is 0 Å². The molecule has 1 rings (SSSR count). The molecule has 0 aliphatic heterocycles. The topological polar surface area (TPSA) is 56.0 Å². The monoisotopic (exact) mass is 260 g/mol. The average Bonchev–Trinajstić information content (AvgIpc) is 2.00. The van der Waals surface area contributed by atoms with Gasteiger partial charge in [0, 0.05) is 0 Å². The first-order chi connectivity index (χ1) is 6.73. The van der Waals surface area contributed by atoms with Crippen molar-refractivity contribution in [3.63, 3.8) is 0 Å². The van der Waals surface area contributed by atoms with E-state index in [9.17, 15) is 23.3 Å². The molecule has 0 fully saturated rings. The standard InChI is InChI=1S/C6HCl2F3N2O2/c7-2-1-3(8)5(13(14)15)12-4(2)6(9,10)11/h1H. The van der Waals surface area contributed by atoms with Crippen molar-refractivity contribution < 1.29 is 18.1 Å². The summed E-state index contributed by atoms with van der Waals surface area (Å²) in [5.74, 6) is -1.08. The van der Waals surface area contributed by atoms with E-state index in [0.717, 1.165) is 0 Å². The van der Waals surface area contributed by atoms with Gasteiger partial charge in [-0.1, -0.05) is 23.2 Å². The van der Waals surface area contributed by atoms with Crippen molar-refractivity contribution in [3.8, 4) is 0 Å². The van der Waals surface area contributed by atoms with E-state index in [1.165, 1.54) is 0 Å². The van der Waals surface area contributed by atoms with Crippen LogP contribution in [0.2, 0.25) is 10.0 Å². The summed E-state index contributed by atoms with van der Waals surface area (Å²) in [6, 6.07) is 0.636. The second-order valence-corrected chi connectivity index (χ2v) is 3.19. The van der Waals surface area contributed by atoms with Crippen LogP contribution >= 0.6 is 23.2 Å². The zero-order valence-corrected chi connectivity index (χ0v) is 8.19. The molecule has 0 bridgehead atoms. The van der Waals surface area contributed by atoms with E-state index in [4.69, 9.17) is 23.2 Å². The van der Waals surface area contributed by atoms with Gasteiger partial charge in [-0.15, -0.1) is 0 Å². The number of hydrogen-bond donors (Lipinski definition) is 0. The maximum Gasteiger partial charge on any atom is 0.459 e. The third kappa shape index (κ3) is 2.48. The molecule has 0 aromatic carbocycles. The van der Waals surface area contributed by atoms with E-state index < -0.39 is 32.7 Å². The number of alkyl halides is 3. The van der Waals surface area contributed by atoms with Crippen LogP contribution in [-0.4, -0.2) is 9.91 Å². The molecule has 1 aromatic heterocycles. The summed E-state index contributed by atoms with van der Waals surface area (Å²) in [7, 11) is 0. The van der Waals surface area contributed by atoms with Gasteiger partial charge in [-0.05, 0) is 16.0 Å². The van der Waals surface area contributed by atoms with Gasteiger partial charge in [-0.2, -0.15) is 13.2 Å². The molecule has 0 saturated carbocycles. The Labute approximate surface area is 90.8 Å². The summed E-state index contributed by atoms with van der Waals surface area (Å²) in [4.78, 5) is 11.9. The molecule has 0 N–H and O–H groups in total. The van der Waals surface area contributed by atoms with Gasteiger partial charge in [0.2, 0.25) is 0 Å². The lowest BCUT2D eigenvalue weighted by atomic mass is 10.3. The average molecular weight is 261 g/mol. The van der Waals surface area contributed by atoms with Crippen molar-refractivity contribution in [2.75, 3.05) is 0 Å². The van der Waals surface area contributed by atoms with Crippen LogP contribution in [-0.2, 0) is 6.18 Å². The third-order valence-corrected chi connectivity index (χ3v) is 1.92. The number of hydrogen-bond acceptors (Lipinski definition) is 3. The molecule has 0 amide bonds. The highest BCUT2D eigenvalue weighted by molar-refractivity contribution is 6.36. The minimum atomic E-state index is -4.85. The largest absolute Gasteiger partial charge is 0.459 e. The van der Waals surface area contributed by atoms with Gasteiger partial charge in [0.05, 0.1) is 5.02 Å². The quantitative estimate of drug-likeness (QED) is 0.575. The number of rotatable bonds is 1. The summed E-state index contributed by atoms with van der Waals surface area (Å²) in [5, 5.41) is 8.94. The minimum absolute atomic E-state index is 0.544. The van der Waals surface area contributed by atoms with E-state index in [1.54, 1.807) is 0 Å². The zero-order chi connectivity index (χ0) is 11.8.